The van der Waals surface area contributed by atoms with E-state index < -0.39 is 0 Å². The first kappa shape index (κ1) is 14.6. The van der Waals surface area contributed by atoms with Crippen molar-refractivity contribution in [2.45, 2.75) is 38.4 Å². The van der Waals surface area contributed by atoms with Crippen molar-refractivity contribution in [2.24, 2.45) is 11.7 Å². The summed E-state index contributed by atoms with van der Waals surface area (Å²) in [4.78, 5) is 0. The predicted molar refractivity (Wildman–Crippen MR) is 77.6 cm³/mol. The minimum absolute atomic E-state index is 0.266. The quantitative estimate of drug-likeness (QED) is 0.901. The lowest BCUT2D eigenvalue weighted by Crippen LogP contribution is -2.33. The molecule has 1 aliphatic carbocycles. The second-order valence-corrected chi connectivity index (χ2v) is 5.52. The molecule has 2 atom stereocenters. The summed E-state index contributed by atoms with van der Waals surface area (Å²) in [5.41, 5.74) is 6.81. The fourth-order valence-corrected chi connectivity index (χ4v) is 2.91. The van der Waals surface area contributed by atoms with Crippen LogP contribution in [-0.4, -0.2) is 19.8 Å². The Bertz CT molecular complexity index is 411. The van der Waals surface area contributed by atoms with E-state index in [0.717, 1.165) is 17.7 Å². The first-order chi connectivity index (χ1) is 9.24. The maximum atomic E-state index is 6.05. The van der Waals surface area contributed by atoms with E-state index >= 15 is 0 Å². The highest BCUT2D eigenvalue weighted by atomic mass is 35.5. The van der Waals surface area contributed by atoms with Gasteiger partial charge in [-0.05, 0) is 43.5 Å². The van der Waals surface area contributed by atoms with Crippen LogP contribution in [-0.2, 0) is 11.3 Å². The van der Waals surface area contributed by atoms with Crippen LogP contribution in [0.3, 0.4) is 0 Å². The monoisotopic (exact) mass is 283 g/mol. The number of benzene rings is 1. The van der Waals surface area contributed by atoms with Gasteiger partial charge in [-0.1, -0.05) is 24.4 Å². The van der Waals surface area contributed by atoms with Gasteiger partial charge in [-0.25, -0.2) is 0 Å². The molecule has 2 N–H and O–H groups in total. The lowest BCUT2D eigenvalue weighted by Gasteiger charge is -2.30. The van der Waals surface area contributed by atoms with Crippen molar-refractivity contribution in [2.75, 3.05) is 13.7 Å². The van der Waals surface area contributed by atoms with E-state index in [4.69, 9.17) is 26.8 Å². The van der Waals surface area contributed by atoms with Crippen molar-refractivity contribution in [1.82, 2.24) is 0 Å². The average molecular weight is 284 g/mol. The summed E-state index contributed by atoms with van der Waals surface area (Å²) in [6.07, 6.45) is 5.04. The van der Waals surface area contributed by atoms with Crippen molar-refractivity contribution >= 4 is 11.6 Å². The largest absolute Gasteiger partial charge is 0.496 e. The Morgan fingerprint density at radius 3 is 2.84 bits per heavy atom. The molecule has 1 fully saturated rings. The molecular weight excluding hydrogens is 262 g/mol. The minimum atomic E-state index is 0.266. The maximum absolute atomic E-state index is 6.05. The van der Waals surface area contributed by atoms with Gasteiger partial charge >= 0.3 is 0 Å². The molecule has 1 aliphatic rings. The molecule has 2 rings (SSSR count). The fourth-order valence-electron chi connectivity index (χ4n) is 2.72. The lowest BCUT2D eigenvalue weighted by molar-refractivity contribution is -0.0188. The third-order valence-electron chi connectivity index (χ3n) is 3.84. The smallest absolute Gasteiger partial charge is 0.124 e. The first-order valence-electron chi connectivity index (χ1n) is 6.88. The number of nitrogens with two attached hydrogens (primary N) is 1. The Hall–Kier alpha value is -0.770. The van der Waals surface area contributed by atoms with E-state index in [0.29, 0.717) is 24.1 Å². The number of rotatable bonds is 5. The van der Waals surface area contributed by atoms with Crippen LogP contribution in [0.5, 0.6) is 5.75 Å². The summed E-state index contributed by atoms with van der Waals surface area (Å²) in [7, 11) is 1.66. The molecule has 0 aromatic heterocycles. The molecule has 19 heavy (non-hydrogen) atoms. The van der Waals surface area contributed by atoms with Crippen LogP contribution in [0, 0.1) is 5.92 Å². The van der Waals surface area contributed by atoms with Gasteiger partial charge in [-0.2, -0.15) is 0 Å². The first-order valence-corrected chi connectivity index (χ1v) is 7.26. The molecule has 0 bridgehead atoms. The summed E-state index contributed by atoms with van der Waals surface area (Å²) in [5, 5.41) is 0.707. The van der Waals surface area contributed by atoms with Gasteiger partial charge in [0.1, 0.15) is 5.75 Å². The molecule has 3 nitrogen and oxygen atoms in total. The third kappa shape index (κ3) is 3.85. The van der Waals surface area contributed by atoms with Gasteiger partial charge in [-0.3, -0.25) is 0 Å². The number of hydrogen-bond donors (Lipinski definition) is 1. The summed E-state index contributed by atoms with van der Waals surface area (Å²) in [6, 6.07) is 5.61. The second kappa shape index (κ2) is 7.13. The highest BCUT2D eigenvalue weighted by Gasteiger charge is 2.24. The van der Waals surface area contributed by atoms with Gasteiger partial charge in [0, 0.05) is 10.6 Å². The van der Waals surface area contributed by atoms with E-state index in [1.54, 1.807) is 7.11 Å². The molecular formula is C15H22ClNO2. The summed E-state index contributed by atoms with van der Waals surface area (Å²) >= 11 is 6.02. The van der Waals surface area contributed by atoms with Crippen LogP contribution in [0.25, 0.3) is 0 Å². The SMILES string of the molecule is COc1ccc(Cl)cc1COC1CCCCC1CN. The molecule has 4 heteroatoms. The van der Waals surface area contributed by atoms with Crippen molar-refractivity contribution < 1.29 is 9.47 Å². The Balaban J connectivity index is 1.99. The molecule has 106 valence electrons. The molecule has 1 saturated carbocycles. The normalized spacial score (nSPS) is 23.3. The number of ether oxygens (including phenoxy) is 2. The maximum Gasteiger partial charge on any atom is 0.124 e. The second-order valence-electron chi connectivity index (χ2n) is 5.09. The Morgan fingerprint density at radius 1 is 1.32 bits per heavy atom. The minimum Gasteiger partial charge on any atom is -0.496 e. The van der Waals surface area contributed by atoms with E-state index in [1.165, 1.54) is 19.3 Å². The van der Waals surface area contributed by atoms with Crippen LogP contribution in [0.15, 0.2) is 18.2 Å². The van der Waals surface area contributed by atoms with Gasteiger partial charge < -0.3 is 15.2 Å². The summed E-state index contributed by atoms with van der Waals surface area (Å²) in [6.45, 7) is 1.24. The Kier molecular flexibility index (Phi) is 5.49. The topological polar surface area (TPSA) is 44.5 Å². The van der Waals surface area contributed by atoms with Crippen LogP contribution in [0.4, 0.5) is 0 Å². The van der Waals surface area contributed by atoms with E-state index in [1.807, 2.05) is 18.2 Å². The lowest BCUT2D eigenvalue weighted by atomic mass is 9.86. The van der Waals surface area contributed by atoms with Crippen LogP contribution >= 0.6 is 11.6 Å². The van der Waals surface area contributed by atoms with Gasteiger partial charge in [0.15, 0.2) is 0 Å². The highest BCUT2D eigenvalue weighted by molar-refractivity contribution is 6.30. The van der Waals surface area contributed by atoms with Gasteiger partial charge in [0.2, 0.25) is 0 Å². The molecule has 1 aromatic carbocycles. The predicted octanol–water partition coefficient (Wildman–Crippen LogP) is 3.38. The van der Waals surface area contributed by atoms with Crippen LogP contribution in [0.2, 0.25) is 5.02 Å². The zero-order chi connectivity index (χ0) is 13.7. The van der Waals surface area contributed by atoms with Crippen LogP contribution in [0.1, 0.15) is 31.2 Å². The van der Waals surface area contributed by atoms with Crippen molar-refractivity contribution in [3.05, 3.63) is 28.8 Å². The zero-order valence-electron chi connectivity index (χ0n) is 11.4. The zero-order valence-corrected chi connectivity index (χ0v) is 12.2. The molecule has 2 unspecified atom stereocenters. The molecule has 0 heterocycles. The van der Waals surface area contributed by atoms with Crippen molar-refractivity contribution in [3.63, 3.8) is 0 Å². The standard InChI is InChI=1S/C15H22ClNO2/c1-18-14-7-6-13(16)8-12(14)10-19-15-5-3-2-4-11(15)9-17/h6-8,11,15H,2-5,9-10,17H2,1H3. The molecule has 0 radical (unpaired) electrons. The molecule has 0 saturated heterocycles. The van der Waals surface area contributed by atoms with Crippen molar-refractivity contribution in [1.29, 1.82) is 0 Å². The van der Waals surface area contributed by atoms with Gasteiger partial charge in [0.25, 0.3) is 0 Å². The van der Waals surface area contributed by atoms with Gasteiger partial charge in [0.05, 0.1) is 19.8 Å². The Labute approximate surface area is 120 Å². The molecule has 0 amide bonds. The van der Waals surface area contributed by atoms with Crippen molar-refractivity contribution in [3.8, 4) is 5.75 Å². The van der Waals surface area contributed by atoms with E-state index in [2.05, 4.69) is 0 Å². The summed E-state index contributed by atoms with van der Waals surface area (Å²) < 4.78 is 11.4. The third-order valence-corrected chi connectivity index (χ3v) is 4.07. The summed E-state index contributed by atoms with van der Waals surface area (Å²) in [5.74, 6) is 1.31. The average Bonchev–Trinajstić information content (AvgIpc) is 2.45. The molecule has 1 aromatic rings. The number of methoxy groups -OCH3 is 1. The highest BCUT2D eigenvalue weighted by Crippen LogP contribution is 2.29. The number of halogens is 1. The van der Waals surface area contributed by atoms with E-state index in [9.17, 15) is 0 Å². The number of hydrogen-bond acceptors (Lipinski definition) is 3. The van der Waals surface area contributed by atoms with Crippen LogP contribution < -0.4 is 10.5 Å². The Morgan fingerprint density at radius 2 is 2.11 bits per heavy atom. The molecule has 0 spiro atoms. The van der Waals surface area contributed by atoms with Gasteiger partial charge in [-0.15, -0.1) is 0 Å². The fraction of sp³-hybridized carbons (Fsp3) is 0.600. The van der Waals surface area contributed by atoms with E-state index in [-0.39, 0.29) is 6.10 Å². The molecule has 0 aliphatic heterocycles.